The van der Waals surface area contributed by atoms with Crippen LogP contribution in [0.1, 0.15) is 52.6 Å². The molecule has 0 bridgehead atoms. The molecule has 9 nitrogen and oxygen atoms in total. The van der Waals surface area contributed by atoms with E-state index in [1.54, 1.807) is 30.3 Å². The summed E-state index contributed by atoms with van der Waals surface area (Å²) in [5, 5.41) is -0.242. The highest BCUT2D eigenvalue weighted by molar-refractivity contribution is 6.41. The summed E-state index contributed by atoms with van der Waals surface area (Å²) in [6.07, 6.45) is 0. The third kappa shape index (κ3) is 4.62. The molecular weight excluding hydrogens is 476 g/mol. The van der Waals surface area contributed by atoms with Gasteiger partial charge >= 0.3 is 5.97 Å². The smallest absolute Gasteiger partial charge is 0.340 e. The molecule has 4 rings (SSSR count). The predicted octanol–water partition coefficient (Wildman–Crippen LogP) is 2.74. The first-order valence-electron chi connectivity index (χ1n) is 10.2. The monoisotopic (exact) mass is 492 g/mol. The van der Waals surface area contributed by atoms with E-state index >= 15 is 0 Å². The molecule has 3 aromatic carbocycles. The fourth-order valence-corrected chi connectivity index (χ4v) is 3.82. The number of amides is 2. The number of esters is 1. The van der Waals surface area contributed by atoms with Crippen LogP contribution in [0, 0.1) is 0 Å². The Balaban J connectivity index is 1.39. The summed E-state index contributed by atoms with van der Waals surface area (Å²) in [5.41, 5.74) is 4.83. The van der Waals surface area contributed by atoms with Gasteiger partial charge in [0.2, 0.25) is 0 Å². The molecular formula is C25H17ClN2O7. The molecule has 0 fully saturated rings. The highest BCUT2D eigenvalue weighted by Gasteiger charge is 2.33. The maximum atomic E-state index is 12.9. The number of halogens is 1. The van der Waals surface area contributed by atoms with Crippen LogP contribution in [0.25, 0.3) is 0 Å². The Morgan fingerprint density at radius 3 is 2.14 bits per heavy atom. The molecule has 10 heteroatoms. The van der Waals surface area contributed by atoms with Crippen molar-refractivity contribution in [1.82, 2.24) is 10.9 Å². The van der Waals surface area contributed by atoms with E-state index in [-0.39, 0.29) is 44.2 Å². The van der Waals surface area contributed by atoms with Crippen LogP contribution < -0.4 is 15.6 Å². The van der Waals surface area contributed by atoms with Crippen LogP contribution in [0.2, 0.25) is 5.02 Å². The minimum Gasteiger partial charge on any atom is -0.497 e. The van der Waals surface area contributed by atoms with E-state index in [1.165, 1.54) is 37.4 Å². The highest BCUT2D eigenvalue weighted by atomic mass is 35.5. The number of hydrogen-bond donors (Lipinski definition) is 2. The highest BCUT2D eigenvalue weighted by Crippen LogP contribution is 2.34. The predicted molar refractivity (Wildman–Crippen MR) is 124 cm³/mol. The molecule has 2 N–H and O–H groups in total. The number of benzene rings is 3. The lowest BCUT2D eigenvalue weighted by Gasteiger charge is -2.19. The van der Waals surface area contributed by atoms with Crippen molar-refractivity contribution < 1.29 is 33.4 Å². The molecule has 0 radical (unpaired) electrons. The van der Waals surface area contributed by atoms with Gasteiger partial charge in [0.05, 0.1) is 23.3 Å². The second-order valence-corrected chi connectivity index (χ2v) is 7.74. The number of rotatable bonds is 5. The summed E-state index contributed by atoms with van der Waals surface area (Å²) in [5.74, 6) is -2.69. The van der Waals surface area contributed by atoms with Crippen LogP contribution in [0.3, 0.4) is 0 Å². The summed E-state index contributed by atoms with van der Waals surface area (Å²) in [6, 6.07) is 15.1. The topological polar surface area (TPSA) is 128 Å². The number of nitrogens with one attached hydrogen (secondary N) is 2. The number of ketones is 2. The SMILES string of the molecule is COc1ccc(C(=O)NNC(=O)COC(=O)c2ccc3c(c2Cl)C(=O)c2ccccc2C3=O)cc1. The van der Waals surface area contributed by atoms with E-state index in [0.29, 0.717) is 5.75 Å². The average Bonchev–Trinajstić information content (AvgIpc) is 2.88. The van der Waals surface area contributed by atoms with Gasteiger partial charge in [0.1, 0.15) is 5.75 Å². The van der Waals surface area contributed by atoms with Gasteiger partial charge < -0.3 is 9.47 Å². The van der Waals surface area contributed by atoms with Crippen molar-refractivity contribution in [2.24, 2.45) is 0 Å². The molecule has 2 amide bonds. The fourth-order valence-electron chi connectivity index (χ4n) is 3.49. The minimum absolute atomic E-state index is 0.0780. The molecule has 0 spiro atoms. The molecule has 35 heavy (non-hydrogen) atoms. The van der Waals surface area contributed by atoms with Gasteiger partial charge in [-0.2, -0.15) is 0 Å². The molecule has 1 aliphatic carbocycles. The quantitative estimate of drug-likeness (QED) is 0.324. The molecule has 3 aromatic rings. The zero-order chi connectivity index (χ0) is 25.1. The molecule has 0 aromatic heterocycles. The first kappa shape index (κ1) is 23.7. The largest absolute Gasteiger partial charge is 0.497 e. The zero-order valence-corrected chi connectivity index (χ0v) is 19.0. The van der Waals surface area contributed by atoms with E-state index in [0.717, 1.165) is 0 Å². The van der Waals surface area contributed by atoms with E-state index in [2.05, 4.69) is 10.9 Å². The van der Waals surface area contributed by atoms with Crippen molar-refractivity contribution >= 4 is 41.0 Å². The molecule has 0 saturated carbocycles. The van der Waals surface area contributed by atoms with E-state index in [9.17, 15) is 24.0 Å². The number of ether oxygens (including phenoxy) is 2. The Hall–Kier alpha value is -4.50. The summed E-state index contributed by atoms with van der Waals surface area (Å²) >= 11 is 6.32. The van der Waals surface area contributed by atoms with Crippen molar-refractivity contribution in [2.75, 3.05) is 13.7 Å². The Kier molecular flexibility index (Phi) is 6.61. The Morgan fingerprint density at radius 1 is 0.829 bits per heavy atom. The molecule has 1 aliphatic rings. The van der Waals surface area contributed by atoms with Gasteiger partial charge in [-0.25, -0.2) is 4.79 Å². The van der Waals surface area contributed by atoms with Crippen LogP contribution in [-0.2, 0) is 9.53 Å². The number of carbonyl (C=O) groups excluding carboxylic acids is 5. The van der Waals surface area contributed by atoms with Crippen molar-refractivity contribution in [3.8, 4) is 5.75 Å². The van der Waals surface area contributed by atoms with Crippen LogP contribution in [0.5, 0.6) is 5.75 Å². The Labute approximate surface area is 204 Å². The van der Waals surface area contributed by atoms with Gasteiger partial charge in [-0.3, -0.25) is 30.0 Å². The van der Waals surface area contributed by atoms with Crippen molar-refractivity contribution in [3.63, 3.8) is 0 Å². The third-order valence-corrected chi connectivity index (χ3v) is 5.64. The molecule has 0 aliphatic heterocycles. The first-order valence-corrected chi connectivity index (χ1v) is 10.6. The lowest BCUT2D eigenvalue weighted by atomic mass is 9.83. The van der Waals surface area contributed by atoms with Crippen molar-refractivity contribution in [1.29, 1.82) is 0 Å². The van der Waals surface area contributed by atoms with E-state index in [1.807, 2.05) is 0 Å². The molecule has 0 saturated heterocycles. The number of hydrogen-bond acceptors (Lipinski definition) is 7. The van der Waals surface area contributed by atoms with E-state index in [4.69, 9.17) is 21.1 Å². The first-order chi connectivity index (χ1) is 16.8. The van der Waals surface area contributed by atoms with E-state index < -0.39 is 30.2 Å². The summed E-state index contributed by atoms with van der Waals surface area (Å²) in [6.45, 7) is -0.731. The van der Waals surface area contributed by atoms with Crippen LogP contribution in [0.4, 0.5) is 0 Å². The number of fused-ring (bicyclic) bond motifs is 2. The molecule has 176 valence electrons. The van der Waals surface area contributed by atoms with Gasteiger partial charge in [-0.15, -0.1) is 0 Å². The van der Waals surface area contributed by atoms with Gasteiger partial charge in [0.25, 0.3) is 11.8 Å². The second kappa shape index (κ2) is 9.78. The van der Waals surface area contributed by atoms with Gasteiger partial charge in [0.15, 0.2) is 18.2 Å². The van der Waals surface area contributed by atoms with Crippen LogP contribution in [0.15, 0.2) is 60.7 Å². The van der Waals surface area contributed by atoms with Crippen LogP contribution in [-0.4, -0.2) is 43.1 Å². The zero-order valence-electron chi connectivity index (χ0n) is 18.2. The number of hydrazine groups is 1. The fraction of sp³-hybridized carbons (Fsp3) is 0.0800. The van der Waals surface area contributed by atoms with Crippen molar-refractivity contribution in [2.45, 2.75) is 0 Å². The van der Waals surface area contributed by atoms with Crippen molar-refractivity contribution in [3.05, 3.63) is 99.1 Å². The van der Waals surface area contributed by atoms with Crippen LogP contribution >= 0.6 is 11.6 Å². The summed E-state index contributed by atoms with van der Waals surface area (Å²) in [4.78, 5) is 62.3. The molecule has 0 atom stereocenters. The standard InChI is InChI=1S/C25H17ClN2O7/c1-34-14-8-6-13(7-9-14)24(32)28-27-19(29)12-35-25(33)18-11-10-17-20(21(18)26)23(31)16-5-3-2-4-15(16)22(17)30/h2-11H,12H2,1H3,(H,27,29)(H,28,32). The van der Waals surface area contributed by atoms with Gasteiger partial charge in [-0.1, -0.05) is 35.9 Å². The maximum Gasteiger partial charge on any atom is 0.340 e. The molecule has 0 unspecified atom stereocenters. The summed E-state index contributed by atoms with van der Waals surface area (Å²) in [7, 11) is 1.49. The maximum absolute atomic E-state index is 12.9. The minimum atomic E-state index is -0.978. The average molecular weight is 493 g/mol. The summed E-state index contributed by atoms with van der Waals surface area (Å²) < 4.78 is 9.97. The number of carbonyl (C=O) groups is 5. The van der Waals surface area contributed by atoms with Gasteiger partial charge in [-0.05, 0) is 36.4 Å². The third-order valence-electron chi connectivity index (χ3n) is 5.25. The number of methoxy groups -OCH3 is 1. The Morgan fingerprint density at radius 2 is 1.49 bits per heavy atom. The molecule has 0 heterocycles. The second-order valence-electron chi connectivity index (χ2n) is 7.36. The van der Waals surface area contributed by atoms with Gasteiger partial charge in [0, 0.05) is 22.3 Å². The Bertz CT molecular complexity index is 1380. The lowest BCUT2D eigenvalue weighted by Crippen LogP contribution is -2.43. The lowest BCUT2D eigenvalue weighted by molar-refractivity contribution is -0.125. The normalized spacial score (nSPS) is 11.7.